The van der Waals surface area contributed by atoms with Gasteiger partial charge in [0.2, 0.25) is 0 Å². The van der Waals surface area contributed by atoms with Gasteiger partial charge in [-0.1, -0.05) is 11.6 Å². The second-order valence-corrected chi connectivity index (χ2v) is 9.79. The summed E-state index contributed by atoms with van der Waals surface area (Å²) in [5.74, 6) is -0.228. The topological polar surface area (TPSA) is 65.7 Å². The number of aryl methyl sites for hydroxylation is 2. The first kappa shape index (κ1) is 21.6. The van der Waals surface area contributed by atoms with Crippen LogP contribution in [-0.2, 0) is 4.74 Å². The van der Waals surface area contributed by atoms with Crippen LogP contribution in [0.5, 0.6) is 0 Å². The minimum Gasteiger partial charge on any atom is -0.373 e. The van der Waals surface area contributed by atoms with Crippen LogP contribution >= 0.6 is 11.6 Å². The number of pyridine rings is 1. The first-order valence-corrected chi connectivity index (χ1v) is 12.1. The largest absolute Gasteiger partial charge is 0.373 e. The predicted molar refractivity (Wildman–Crippen MR) is 128 cm³/mol. The van der Waals surface area contributed by atoms with Gasteiger partial charge in [0.25, 0.3) is 0 Å². The third-order valence-corrected chi connectivity index (χ3v) is 7.14. The van der Waals surface area contributed by atoms with Gasteiger partial charge in [0.05, 0.1) is 29.7 Å². The van der Waals surface area contributed by atoms with Crippen molar-refractivity contribution >= 4 is 22.8 Å². The van der Waals surface area contributed by atoms with Crippen molar-refractivity contribution in [3.8, 4) is 11.1 Å². The van der Waals surface area contributed by atoms with Crippen molar-refractivity contribution in [2.45, 2.75) is 57.6 Å². The molecule has 4 aromatic rings. The second kappa shape index (κ2) is 8.40. The Balaban J connectivity index is 1.41. The smallest absolute Gasteiger partial charge is 0.179 e. The zero-order chi connectivity index (χ0) is 23.4. The highest BCUT2D eigenvalue weighted by atomic mass is 35.5. The Kier molecular flexibility index (Phi) is 5.34. The Bertz CT molecular complexity index is 1400. The molecule has 0 amide bonds. The number of rotatable bonds is 4. The number of ether oxygens (including phenoxy) is 1. The van der Waals surface area contributed by atoms with Crippen LogP contribution in [0.15, 0.2) is 36.7 Å². The summed E-state index contributed by atoms with van der Waals surface area (Å²) < 4.78 is 23.2. The molecule has 1 saturated heterocycles. The van der Waals surface area contributed by atoms with Crippen molar-refractivity contribution < 1.29 is 9.13 Å². The van der Waals surface area contributed by atoms with Crippen molar-refractivity contribution in [3.63, 3.8) is 0 Å². The number of nitrogens with zero attached hydrogens (tertiary/aromatic N) is 5. The van der Waals surface area contributed by atoms with Crippen LogP contribution in [0, 0.1) is 19.7 Å². The molecule has 0 radical (unpaired) electrons. The van der Waals surface area contributed by atoms with Gasteiger partial charge in [-0.2, -0.15) is 5.10 Å². The molecular weight excluding hydrogens is 453 g/mol. The fraction of sp³-hybridized carbons (Fsp3) is 0.385. The molecule has 1 aliphatic heterocycles. The van der Waals surface area contributed by atoms with Gasteiger partial charge in [0.1, 0.15) is 11.3 Å². The number of aromatic nitrogens is 5. The highest BCUT2D eigenvalue weighted by molar-refractivity contribution is 6.30. The lowest BCUT2D eigenvalue weighted by atomic mass is 9.88. The molecule has 34 heavy (non-hydrogen) atoms. The Morgan fingerprint density at radius 2 is 1.85 bits per heavy atom. The van der Waals surface area contributed by atoms with Crippen LogP contribution in [0.3, 0.4) is 0 Å². The molecule has 0 bridgehead atoms. The lowest BCUT2D eigenvalue weighted by Gasteiger charge is -2.29. The van der Waals surface area contributed by atoms with E-state index in [-0.39, 0.29) is 17.8 Å². The number of halogens is 2. The first-order chi connectivity index (χ1) is 16.5. The van der Waals surface area contributed by atoms with E-state index in [1.807, 2.05) is 26.1 Å². The molecule has 1 aliphatic carbocycles. The average molecular weight is 478 g/mol. The Labute approximate surface area is 202 Å². The normalized spacial score (nSPS) is 20.7. The molecule has 0 N–H and O–H groups in total. The molecule has 4 heterocycles. The molecule has 2 unspecified atom stereocenters. The molecular formula is C26H25ClFN5O. The lowest BCUT2D eigenvalue weighted by Crippen LogP contribution is -2.19. The third kappa shape index (κ3) is 3.97. The van der Waals surface area contributed by atoms with E-state index < -0.39 is 0 Å². The van der Waals surface area contributed by atoms with Gasteiger partial charge in [-0.3, -0.25) is 4.68 Å². The van der Waals surface area contributed by atoms with Gasteiger partial charge in [-0.25, -0.2) is 19.3 Å². The third-order valence-electron chi connectivity index (χ3n) is 6.91. The minimum absolute atomic E-state index is 0.0368. The van der Waals surface area contributed by atoms with Gasteiger partial charge < -0.3 is 4.74 Å². The van der Waals surface area contributed by atoms with Gasteiger partial charge in [-0.05, 0) is 63.8 Å². The number of benzene rings is 1. The van der Waals surface area contributed by atoms with Crippen LogP contribution < -0.4 is 0 Å². The minimum atomic E-state index is -0.386. The maximum atomic E-state index is 15.0. The summed E-state index contributed by atoms with van der Waals surface area (Å²) in [6, 6.07) is 7.24. The van der Waals surface area contributed by atoms with Crippen molar-refractivity contribution in [1.29, 1.82) is 0 Å². The van der Waals surface area contributed by atoms with E-state index in [4.69, 9.17) is 31.3 Å². The van der Waals surface area contributed by atoms with E-state index in [2.05, 4.69) is 16.0 Å². The fourth-order valence-electron chi connectivity index (χ4n) is 4.70. The van der Waals surface area contributed by atoms with Crippen LogP contribution in [0.25, 0.3) is 22.3 Å². The molecule has 2 fully saturated rings. The van der Waals surface area contributed by atoms with Crippen molar-refractivity contribution in [1.82, 2.24) is 24.7 Å². The van der Waals surface area contributed by atoms with Crippen molar-refractivity contribution in [3.05, 3.63) is 70.1 Å². The zero-order valence-electron chi connectivity index (χ0n) is 19.1. The highest BCUT2D eigenvalue weighted by Crippen LogP contribution is 2.41. The molecule has 1 aromatic carbocycles. The van der Waals surface area contributed by atoms with Crippen molar-refractivity contribution in [2.75, 3.05) is 6.61 Å². The van der Waals surface area contributed by atoms with Crippen LogP contribution in [0.4, 0.5) is 4.39 Å². The summed E-state index contributed by atoms with van der Waals surface area (Å²) >= 11 is 6.02. The molecule has 6 nitrogen and oxygen atoms in total. The molecule has 2 aliphatic rings. The van der Waals surface area contributed by atoms with E-state index in [9.17, 15) is 4.39 Å². The SMILES string of the molecule is Cc1nc2nc(C3CCOC(c4cnn(C5CC5)c4)C3)cc(-c3ccc(Cl)cc3F)c2nc1C. The monoisotopic (exact) mass is 477 g/mol. The summed E-state index contributed by atoms with van der Waals surface area (Å²) in [6.07, 6.45) is 8.02. The quantitative estimate of drug-likeness (QED) is 0.346. The molecule has 8 heteroatoms. The second-order valence-electron chi connectivity index (χ2n) is 9.35. The van der Waals surface area contributed by atoms with Crippen molar-refractivity contribution in [2.24, 2.45) is 0 Å². The zero-order valence-corrected chi connectivity index (χ0v) is 19.9. The van der Waals surface area contributed by atoms with E-state index >= 15 is 0 Å². The summed E-state index contributed by atoms with van der Waals surface area (Å²) in [5, 5.41) is 4.89. The summed E-state index contributed by atoms with van der Waals surface area (Å²) in [5.41, 5.74) is 5.88. The molecule has 3 aromatic heterocycles. The van der Waals surface area contributed by atoms with Crippen LogP contribution in [0.1, 0.15) is 66.4 Å². The van der Waals surface area contributed by atoms with E-state index in [1.54, 1.807) is 12.1 Å². The Morgan fingerprint density at radius 1 is 1.03 bits per heavy atom. The van der Waals surface area contributed by atoms with Gasteiger partial charge in [0, 0.05) is 46.1 Å². The standard InChI is InChI=1S/C26H25ClFN5O/c1-14-15(2)31-26-25(30-14)21(20-6-3-18(27)10-22(20)28)11-23(32-26)16-7-8-34-24(9-16)17-12-29-33(13-17)19-4-5-19/h3,6,10-13,16,19,24H,4-5,7-9H2,1-2H3. The molecule has 174 valence electrons. The highest BCUT2D eigenvalue weighted by Gasteiger charge is 2.30. The van der Waals surface area contributed by atoms with Gasteiger partial charge >= 0.3 is 0 Å². The summed E-state index contributed by atoms with van der Waals surface area (Å²) in [7, 11) is 0. The molecule has 1 saturated carbocycles. The van der Waals surface area contributed by atoms with Crippen LogP contribution in [-0.4, -0.2) is 31.3 Å². The van der Waals surface area contributed by atoms with Gasteiger partial charge in [0.15, 0.2) is 5.65 Å². The van der Waals surface area contributed by atoms with Crippen LogP contribution in [0.2, 0.25) is 5.02 Å². The maximum Gasteiger partial charge on any atom is 0.179 e. The lowest BCUT2D eigenvalue weighted by molar-refractivity contribution is 0.00463. The van der Waals surface area contributed by atoms with Gasteiger partial charge in [-0.15, -0.1) is 0 Å². The summed E-state index contributed by atoms with van der Waals surface area (Å²) in [6.45, 7) is 4.45. The van der Waals surface area contributed by atoms with E-state index in [0.29, 0.717) is 40.0 Å². The van der Waals surface area contributed by atoms with E-state index in [1.165, 1.54) is 18.9 Å². The van der Waals surface area contributed by atoms with E-state index in [0.717, 1.165) is 35.5 Å². The predicted octanol–water partition coefficient (Wildman–Crippen LogP) is 6.27. The molecule has 0 spiro atoms. The average Bonchev–Trinajstić information content (AvgIpc) is 3.56. The Morgan fingerprint density at radius 3 is 2.65 bits per heavy atom. The summed E-state index contributed by atoms with van der Waals surface area (Å²) in [4.78, 5) is 14.3. The molecule has 6 rings (SSSR count). The number of hydrogen-bond acceptors (Lipinski definition) is 5. The number of hydrogen-bond donors (Lipinski definition) is 0. The molecule has 2 atom stereocenters. The number of fused-ring (bicyclic) bond motifs is 1. The Hall–Kier alpha value is -2.90. The maximum absolute atomic E-state index is 15.0. The fourth-order valence-corrected chi connectivity index (χ4v) is 4.86. The first-order valence-electron chi connectivity index (χ1n) is 11.7.